The van der Waals surface area contributed by atoms with E-state index in [0.717, 1.165) is 11.1 Å². The first-order chi connectivity index (χ1) is 25.9. The fourth-order valence-electron chi connectivity index (χ4n) is 8.60. The van der Waals surface area contributed by atoms with Crippen molar-refractivity contribution in [3.63, 3.8) is 0 Å². The van der Waals surface area contributed by atoms with Crippen molar-refractivity contribution in [2.45, 2.75) is 117 Å². The number of hydrogen-bond acceptors (Lipinski definition) is 8. The molecular weight excluding hydrogens is 749 g/mol. The number of ether oxygens (including phenoxy) is 2. The predicted molar refractivity (Wildman–Crippen MR) is 218 cm³/mol. The molecule has 0 aromatic heterocycles. The molecule has 4 aromatic carbocycles. The molecule has 4 atom stereocenters. The zero-order valence-electron chi connectivity index (χ0n) is 34.6. The number of benzene rings is 4. The van der Waals surface area contributed by atoms with Gasteiger partial charge in [-0.3, -0.25) is 0 Å². The Hall–Kier alpha value is -3.78. The lowest BCUT2D eigenvalue weighted by molar-refractivity contribution is 0.0650. The fraction of sp³-hybridized carbons (Fsp3) is 0.455. The van der Waals surface area contributed by atoms with Crippen molar-refractivity contribution < 1.29 is 36.5 Å². The number of para-hydroxylation sites is 2. The molecule has 2 aliphatic heterocycles. The Morgan fingerprint density at radius 1 is 0.554 bits per heavy atom. The molecule has 0 saturated carbocycles. The SMILES string of the molecule is Cc1cc(C)c(S(=O)(=O)N2[C@H](c3cccc(-c4cccc([C@@H]5OC[C@H](C(C)(C)C)N5S(=O)(=O)c5c(C)cc(C)cc5C)c4O)c3O)OC[C@@H]2C(C)(C)C)c(C)c1. The lowest BCUT2D eigenvalue weighted by Crippen LogP contribution is -2.45. The smallest absolute Gasteiger partial charge is 0.246 e. The monoisotopic (exact) mass is 804 g/mol. The summed E-state index contributed by atoms with van der Waals surface area (Å²) >= 11 is 0. The van der Waals surface area contributed by atoms with Crippen molar-refractivity contribution in [2.24, 2.45) is 10.8 Å². The van der Waals surface area contributed by atoms with Gasteiger partial charge in [-0.05, 0) is 74.6 Å². The lowest BCUT2D eigenvalue weighted by atomic mass is 9.87. The van der Waals surface area contributed by atoms with Gasteiger partial charge in [0.15, 0.2) is 12.5 Å². The van der Waals surface area contributed by atoms with Crippen LogP contribution in [0.5, 0.6) is 11.5 Å². The minimum absolute atomic E-state index is 0.0972. The van der Waals surface area contributed by atoms with E-state index in [0.29, 0.717) is 22.3 Å². The molecule has 6 rings (SSSR count). The summed E-state index contributed by atoms with van der Waals surface area (Å²) in [6.45, 7) is 22.9. The van der Waals surface area contributed by atoms with Crippen LogP contribution in [0.4, 0.5) is 0 Å². The minimum Gasteiger partial charge on any atom is -0.507 e. The molecule has 10 nitrogen and oxygen atoms in total. The van der Waals surface area contributed by atoms with Crippen molar-refractivity contribution >= 4 is 20.0 Å². The maximum Gasteiger partial charge on any atom is 0.246 e. The summed E-state index contributed by atoms with van der Waals surface area (Å²) in [6, 6.07) is 16.1. The van der Waals surface area contributed by atoms with Gasteiger partial charge >= 0.3 is 0 Å². The molecular formula is C44H56N2O8S2. The van der Waals surface area contributed by atoms with Crippen LogP contribution in [0.2, 0.25) is 0 Å². The summed E-state index contributed by atoms with van der Waals surface area (Å²) in [7, 11) is -8.33. The van der Waals surface area contributed by atoms with E-state index < -0.39 is 55.4 Å². The van der Waals surface area contributed by atoms with Crippen LogP contribution in [0.15, 0.2) is 70.5 Å². The van der Waals surface area contributed by atoms with Crippen LogP contribution in [0.1, 0.15) is 98.5 Å². The summed E-state index contributed by atoms with van der Waals surface area (Å²) in [4.78, 5) is 0.406. The molecule has 2 aliphatic rings. The van der Waals surface area contributed by atoms with Crippen molar-refractivity contribution in [1.82, 2.24) is 8.61 Å². The molecule has 0 unspecified atom stereocenters. The quantitative estimate of drug-likeness (QED) is 0.189. The standard InChI is InChI=1S/C44H56N2O8S2/c1-25-19-27(3)39(28(4)20-25)55(49,50)45-35(43(7,8)9)23-53-41(45)33-17-13-15-31(37(33)47)32-16-14-18-34(38(32)48)42-46(36(24-54-42)44(10,11)12)56(51,52)40-29(5)21-26(2)22-30(40)6/h13-22,35-36,41-42,47-48H,23-24H2,1-12H3/t35-,36-,41+,42+/m1/s1. The second-order valence-corrected chi connectivity index (χ2v) is 21.3. The van der Waals surface area contributed by atoms with E-state index in [1.165, 1.54) is 8.61 Å². The molecule has 56 heavy (non-hydrogen) atoms. The van der Waals surface area contributed by atoms with Crippen LogP contribution in [-0.4, -0.2) is 61.0 Å². The highest BCUT2D eigenvalue weighted by molar-refractivity contribution is 7.89. The number of sulfonamides is 2. The van der Waals surface area contributed by atoms with Crippen LogP contribution >= 0.6 is 0 Å². The summed E-state index contributed by atoms with van der Waals surface area (Å²) in [5.74, 6) is -0.542. The van der Waals surface area contributed by atoms with Crippen LogP contribution in [-0.2, 0) is 29.5 Å². The Bertz CT molecular complexity index is 2200. The van der Waals surface area contributed by atoms with Gasteiger partial charge in [0.25, 0.3) is 0 Å². The van der Waals surface area contributed by atoms with Crippen LogP contribution in [0.3, 0.4) is 0 Å². The Morgan fingerprint density at radius 2 is 0.857 bits per heavy atom. The molecule has 2 fully saturated rings. The van der Waals surface area contributed by atoms with E-state index >= 15 is 0 Å². The number of aryl methyl sites for hydroxylation is 6. The number of rotatable bonds is 7. The van der Waals surface area contributed by atoms with Crippen molar-refractivity contribution in [1.29, 1.82) is 0 Å². The van der Waals surface area contributed by atoms with Gasteiger partial charge < -0.3 is 19.7 Å². The van der Waals surface area contributed by atoms with Gasteiger partial charge in [-0.25, -0.2) is 16.8 Å². The lowest BCUT2D eigenvalue weighted by Gasteiger charge is -2.36. The second-order valence-electron chi connectivity index (χ2n) is 17.7. The van der Waals surface area contributed by atoms with Gasteiger partial charge in [-0.2, -0.15) is 8.61 Å². The average molecular weight is 805 g/mol. The summed E-state index contributed by atoms with van der Waals surface area (Å²) in [5.41, 5.74) is 4.18. The largest absolute Gasteiger partial charge is 0.507 e. The summed E-state index contributed by atoms with van der Waals surface area (Å²) < 4.78 is 74.4. The van der Waals surface area contributed by atoms with Crippen molar-refractivity contribution in [3.05, 3.63) is 105 Å². The van der Waals surface area contributed by atoms with E-state index in [-0.39, 0.29) is 56.8 Å². The molecule has 2 N–H and O–H groups in total. The van der Waals surface area contributed by atoms with Gasteiger partial charge in [0, 0.05) is 22.3 Å². The van der Waals surface area contributed by atoms with Gasteiger partial charge in [-0.15, -0.1) is 0 Å². The molecule has 0 spiro atoms. The van der Waals surface area contributed by atoms with E-state index in [1.807, 2.05) is 79.7 Å². The van der Waals surface area contributed by atoms with Crippen molar-refractivity contribution in [2.75, 3.05) is 13.2 Å². The maximum absolute atomic E-state index is 14.8. The summed E-state index contributed by atoms with van der Waals surface area (Å²) in [5, 5.41) is 24.2. The third-order valence-corrected chi connectivity index (χ3v) is 15.5. The number of hydrogen-bond donors (Lipinski definition) is 2. The number of nitrogens with zero attached hydrogens (tertiary/aromatic N) is 2. The van der Waals surface area contributed by atoms with Crippen LogP contribution < -0.4 is 0 Å². The number of phenolic OH excluding ortho intramolecular Hbond substituents is 2. The van der Waals surface area contributed by atoms with E-state index in [9.17, 15) is 27.0 Å². The van der Waals surface area contributed by atoms with Gasteiger partial charge in [0.05, 0.1) is 35.1 Å². The van der Waals surface area contributed by atoms with Crippen LogP contribution in [0.25, 0.3) is 11.1 Å². The normalized spacial score (nSPS) is 21.6. The average Bonchev–Trinajstić information content (AvgIpc) is 3.71. The fourth-order valence-corrected chi connectivity index (χ4v) is 13.2. The zero-order valence-corrected chi connectivity index (χ0v) is 36.2. The molecule has 0 aliphatic carbocycles. The third-order valence-electron chi connectivity index (χ3n) is 11.1. The highest BCUT2D eigenvalue weighted by atomic mass is 32.2. The van der Waals surface area contributed by atoms with E-state index in [2.05, 4.69) is 0 Å². The zero-order chi connectivity index (χ0) is 41.4. The molecule has 2 heterocycles. The Morgan fingerprint density at radius 3 is 1.14 bits per heavy atom. The number of phenols is 2. The topological polar surface area (TPSA) is 134 Å². The van der Waals surface area contributed by atoms with Gasteiger partial charge in [0.1, 0.15) is 11.5 Å². The highest BCUT2D eigenvalue weighted by Crippen LogP contribution is 2.51. The Kier molecular flexibility index (Phi) is 10.9. The van der Waals surface area contributed by atoms with E-state index in [1.54, 1.807) is 64.1 Å². The summed E-state index contributed by atoms with van der Waals surface area (Å²) in [6.07, 6.45) is -2.36. The van der Waals surface area contributed by atoms with Gasteiger partial charge in [-0.1, -0.05) is 113 Å². The highest BCUT2D eigenvalue weighted by Gasteiger charge is 2.52. The maximum atomic E-state index is 14.8. The molecule has 0 amide bonds. The van der Waals surface area contributed by atoms with Crippen LogP contribution in [0, 0.1) is 52.4 Å². The molecule has 302 valence electrons. The number of aromatic hydroxyl groups is 2. The molecule has 4 aromatic rings. The molecule has 0 radical (unpaired) electrons. The minimum atomic E-state index is -4.17. The first kappa shape index (κ1) is 41.8. The molecule has 12 heteroatoms. The molecule has 0 bridgehead atoms. The Balaban J connectivity index is 1.47. The first-order valence-electron chi connectivity index (χ1n) is 19.0. The second kappa shape index (κ2) is 14.6. The third kappa shape index (κ3) is 7.17. The molecule has 2 saturated heterocycles. The Labute approximate surface area is 333 Å². The van der Waals surface area contributed by atoms with Crippen molar-refractivity contribution in [3.8, 4) is 22.6 Å². The van der Waals surface area contributed by atoms with Gasteiger partial charge in [0.2, 0.25) is 20.0 Å². The predicted octanol–water partition coefficient (Wildman–Crippen LogP) is 8.88. The van der Waals surface area contributed by atoms with E-state index in [4.69, 9.17) is 9.47 Å². The first-order valence-corrected chi connectivity index (χ1v) is 21.9.